The number of aromatic nitrogens is 2. The molecule has 1 heterocycles. The zero-order chi connectivity index (χ0) is 9.84. The van der Waals surface area contributed by atoms with E-state index in [0.717, 1.165) is 17.3 Å². The van der Waals surface area contributed by atoms with Crippen molar-refractivity contribution in [1.82, 2.24) is 9.55 Å². The molecule has 2 N–H and O–H groups in total. The number of anilines is 1. The fraction of sp³-hybridized carbons (Fsp3) is 0.667. The number of imidazole rings is 1. The Bertz CT molecular complexity index is 268. The molecule has 0 aromatic carbocycles. The molecule has 0 aliphatic carbocycles. The first-order chi connectivity index (χ1) is 6.15. The lowest BCUT2D eigenvalue weighted by Crippen LogP contribution is -2.04. The van der Waals surface area contributed by atoms with Gasteiger partial charge in [-0.2, -0.15) is 11.8 Å². The molecule has 74 valence electrons. The molecular weight excluding hydrogens is 182 g/mol. The molecule has 0 saturated heterocycles. The van der Waals surface area contributed by atoms with Gasteiger partial charge in [0.1, 0.15) is 11.6 Å². The molecule has 3 nitrogen and oxygen atoms in total. The summed E-state index contributed by atoms with van der Waals surface area (Å²) in [5.41, 5.74) is 5.65. The number of thioether (sulfide) groups is 1. The van der Waals surface area contributed by atoms with Crippen molar-refractivity contribution < 1.29 is 0 Å². The highest BCUT2D eigenvalue weighted by Crippen LogP contribution is 2.17. The van der Waals surface area contributed by atoms with Crippen molar-refractivity contribution in [3.05, 3.63) is 12.0 Å². The summed E-state index contributed by atoms with van der Waals surface area (Å²) in [7, 11) is 0. The molecule has 0 saturated carbocycles. The van der Waals surface area contributed by atoms with Gasteiger partial charge in [0, 0.05) is 12.2 Å². The maximum Gasteiger partial charge on any atom is 0.141 e. The molecule has 0 amide bonds. The third kappa shape index (κ3) is 2.66. The third-order valence-corrected chi connectivity index (χ3v) is 2.69. The number of nitrogen functional groups attached to an aromatic ring is 1. The van der Waals surface area contributed by atoms with Crippen molar-refractivity contribution in [2.24, 2.45) is 0 Å². The Morgan fingerprint density at radius 3 is 2.85 bits per heavy atom. The van der Waals surface area contributed by atoms with Gasteiger partial charge in [0.05, 0.1) is 5.75 Å². The van der Waals surface area contributed by atoms with Crippen LogP contribution in [0.4, 0.5) is 5.82 Å². The molecule has 0 atom stereocenters. The van der Waals surface area contributed by atoms with E-state index in [2.05, 4.69) is 30.3 Å². The normalized spacial score (nSPS) is 11.1. The standard InChI is InChI=1S/C9H17N3S/c1-4-13-6-9-11-8(10)5-12(9)7(2)3/h5,7H,4,6,10H2,1-3H3. The molecular formula is C9H17N3S. The second-order valence-electron chi connectivity index (χ2n) is 3.22. The predicted octanol–water partition coefficient (Wildman–Crippen LogP) is 2.30. The summed E-state index contributed by atoms with van der Waals surface area (Å²) in [5.74, 6) is 3.77. The van der Waals surface area contributed by atoms with Crippen molar-refractivity contribution in [3.8, 4) is 0 Å². The molecule has 0 bridgehead atoms. The molecule has 1 aromatic rings. The highest BCUT2D eigenvalue weighted by atomic mass is 32.2. The second-order valence-corrected chi connectivity index (χ2v) is 4.49. The molecule has 0 fully saturated rings. The molecule has 0 unspecified atom stereocenters. The van der Waals surface area contributed by atoms with E-state index in [0.29, 0.717) is 11.9 Å². The maximum atomic E-state index is 5.65. The topological polar surface area (TPSA) is 43.8 Å². The number of hydrogen-bond donors (Lipinski definition) is 1. The van der Waals surface area contributed by atoms with E-state index in [-0.39, 0.29) is 0 Å². The van der Waals surface area contributed by atoms with Gasteiger partial charge in [0.2, 0.25) is 0 Å². The lowest BCUT2D eigenvalue weighted by molar-refractivity contribution is 0.580. The van der Waals surface area contributed by atoms with Gasteiger partial charge in [0.15, 0.2) is 0 Å². The van der Waals surface area contributed by atoms with Crippen LogP contribution >= 0.6 is 11.8 Å². The minimum atomic E-state index is 0.442. The highest BCUT2D eigenvalue weighted by Gasteiger charge is 2.07. The van der Waals surface area contributed by atoms with E-state index in [1.54, 1.807) is 0 Å². The van der Waals surface area contributed by atoms with Gasteiger partial charge in [0.25, 0.3) is 0 Å². The lowest BCUT2D eigenvalue weighted by Gasteiger charge is -2.10. The Morgan fingerprint density at radius 1 is 1.62 bits per heavy atom. The van der Waals surface area contributed by atoms with Gasteiger partial charge in [-0.15, -0.1) is 0 Å². The molecule has 4 heteroatoms. The van der Waals surface area contributed by atoms with Gasteiger partial charge in [-0.25, -0.2) is 4.98 Å². The summed E-state index contributed by atoms with van der Waals surface area (Å²) in [6, 6.07) is 0.442. The highest BCUT2D eigenvalue weighted by molar-refractivity contribution is 7.98. The van der Waals surface area contributed by atoms with Gasteiger partial charge >= 0.3 is 0 Å². The summed E-state index contributed by atoms with van der Waals surface area (Å²) < 4.78 is 2.14. The Labute approximate surface area is 83.7 Å². The average molecular weight is 199 g/mol. The van der Waals surface area contributed by atoms with Crippen molar-refractivity contribution in [3.63, 3.8) is 0 Å². The van der Waals surface area contributed by atoms with Crippen LogP contribution in [0.3, 0.4) is 0 Å². The smallest absolute Gasteiger partial charge is 0.141 e. The Hall–Kier alpha value is -0.640. The molecule has 13 heavy (non-hydrogen) atoms. The average Bonchev–Trinajstić information content (AvgIpc) is 2.43. The van der Waals surface area contributed by atoms with Crippen LogP contribution in [-0.4, -0.2) is 15.3 Å². The molecule has 0 aliphatic heterocycles. The first-order valence-electron chi connectivity index (χ1n) is 4.56. The summed E-state index contributed by atoms with van der Waals surface area (Å²) in [4.78, 5) is 4.29. The minimum Gasteiger partial charge on any atom is -0.382 e. The monoisotopic (exact) mass is 199 g/mol. The molecule has 0 radical (unpaired) electrons. The Balaban J connectivity index is 2.78. The summed E-state index contributed by atoms with van der Waals surface area (Å²) >= 11 is 1.87. The lowest BCUT2D eigenvalue weighted by atomic mass is 10.4. The van der Waals surface area contributed by atoms with Gasteiger partial charge in [-0.3, -0.25) is 0 Å². The van der Waals surface area contributed by atoms with Crippen LogP contribution in [0, 0.1) is 0 Å². The summed E-state index contributed by atoms with van der Waals surface area (Å²) in [6.45, 7) is 6.43. The first-order valence-corrected chi connectivity index (χ1v) is 5.71. The van der Waals surface area contributed by atoms with Crippen LogP contribution < -0.4 is 5.73 Å². The number of hydrogen-bond acceptors (Lipinski definition) is 3. The summed E-state index contributed by atoms with van der Waals surface area (Å²) in [5, 5.41) is 0. The van der Waals surface area contributed by atoms with E-state index in [1.807, 2.05) is 18.0 Å². The molecule has 1 rings (SSSR count). The van der Waals surface area contributed by atoms with E-state index >= 15 is 0 Å². The van der Waals surface area contributed by atoms with Crippen molar-refractivity contribution >= 4 is 17.6 Å². The van der Waals surface area contributed by atoms with Crippen LogP contribution in [0.15, 0.2) is 6.20 Å². The maximum absolute atomic E-state index is 5.65. The second kappa shape index (κ2) is 4.56. The Kier molecular flexibility index (Phi) is 3.66. The SMILES string of the molecule is CCSCc1nc(N)cn1C(C)C. The zero-order valence-electron chi connectivity index (χ0n) is 8.45. The number of nitrogens with two attached hydrogens (primary N) is 1. The zero-order valence-corrected chi connectivity index (χ0v) is 9.27. The van der Waals surface area contributed by atoms with Crippen LogP contribution in [0.2, 0.25) is 0 Å². The molecule has 0 aliphatic rings. The van der Waals surface area contributed by atoms with Gasteiger partial charge < -0.3 is 10.3 Å². The number of rotatable bonds is 4. The van der Waals surface area contributed by atoms with Crippen LogP contribution in [0.1, 0.15) is 32.6 Å². The fourth-order valence-electron chi connectivity index (χ4n) is 1.20. The van der Waals surface area contributed by atoms with E-state index in [1.165, 1.54) is 0 Å². The van der Waals surface area contributed by atoms with Crippen LogP contribution in [0.25, 0.3) is 0 Å². The van der Waals surface area contributed by atoms with Crippen molar-refractivity contribution in [1.29, 1.82) is 0 Å². The molecule has 1 aromatic heterocycles. The summed E-state index contributed by atoms with van der Waals surface area (Å²) in [6.07, 6.45) is 1.91. The third-order valence-electron chi connectivity index (χ3n) is 1.82. The van der Waals surface area contributed by atoms with E-state index < -0.39 is 0 Å². The van der Waals surface area contributed by atoms with E-state index in [4.69, 9.17) is 5.73 Å². The quantitative estimate of drug-likeness (QED) is 0.809. The Morgan fingerprint density at radius 2 is 2.31 bits per heavy atom. The molecule has 0 spiro atoms. The largest absolute Gasteiger partial charge is 0.382 e. The fourth-order valence-corrected chi connectivity index (χ4v) is 1.80. The van der Waals surface area contributed by atoms with Crippen molar-refractivity contribution in [2.45, 2.75) is 32.6 Å². The van der Waals surface area contributed by atoms with Crippen molar-refractivity contribution in [2.75, 3.05) is 11.5 Å². The van der Waals surface area contributed by atoms with Gasteiger partial charge in [-0.1, -0.05) is 6.92 Å². The van der Waals surface area contributed by atoms with Crippen LogP contribution in [-0.2, 0) is 5.75 Å². The minimum absolute atomic E-state index is 0.442. The van der Waals surface area contributed by atoms with E-state index in [9.17, 15) is 0 Å². The number of nitrogens with zero attached hydrogens (tertiary/aromatic N) is 2. The first kappa shape index (κ1) is 10.4. The van der Waals surface area contributed by atoms with Gasteiger partial charge in [-0.05, 0) is 19.6 Å². The predicted molar refractivity (Wildman–Crippen MR) is 58.9 cm³/mol. The van der Waals surface area contributed by atoms with Crippen LogP contribution in [0.5, 0.6) is 0 Å².